The third kappa shape index (κ3) is 14.3. The van der Waals surface area contributed by atoms with Crippen LogP contribution in [-0.2, 0) is 38.3 Å². The first-order valence-corrected chi connectivity index (χ1v) is 28.0. The Morgan fingerprint density at radius 2 is 1.48 bits per heavy atom. The number of likely N-dealkylation sites (tertiary alicyclic amines) is 1. The fraction of sp³-hybridized carbons (Fsp3) is 0.615. The predicted octanol–water partition coefficient (Wildman–Crippen LogP) is 9.85. The number of aromatic nitrogens is 1. The van der Waals surface area contributed by atoms with Crippen LogP contribution in [0.4, 0.5) is 41.6 Å². The molecule has 2 heterocycles. The Morgan fingerprint density at radius 3 is 2.00 bits per heavy atom. The lowest BCUT2D eigenvalue weighted by atomic mass is 9.85. The van der Waals surface area contributed by atoms with Gasteiger partial charge in [-0.05, 0) is 120 Å². The highest BCUT2D eigenvalue weighted by Gasteiger charge is 2.63. The molecule has 0 spiro atoms. The van der Waals surface area contributed by atoms with Crippen molar-refractivity contribution >= 4 is 68.5 Å². The van der Waals surface area contributed by atoms with Crippen LogP contribution in [0.15, 0.2) is 48.5 Å². The van der Waals surface area contributed by atoms with Crippen molar-refractivity contribution in [3.8, 4) is 17.4 Å². The fourth-order valence-corrected chi connectivity index (χ4v) is 11.6. The number of benzene rings is 2. The van der Waals surface area contributed by atoms with Gasteiger partial charge in [-0.1, -0.05) is 51.8 Å². The molecule has 29 heteroatoms. The predicted molar refractivity (Wildman–Crippen MR) is 275 cm³/mol. The number of amides is 4. The molecular weight excluding hydrogens is 1130 g/mol. The Balaban J connectivity index is 0.000000359. The molecule has 3 N–H and O–H groups in total. The Bertz CT molecular complexity index is 2990. The number of rotatable bonds is 17. The monoisotopic (exact) mass is 1190 g/mol. The molecule has 81 heavy (non-hydrogen) atoms. The first-order chi connectivity index (χ1) is 37.7. The van der Waals surface area contributed by atoms with E-state index in [1.807, 2.05) is 4.72 Å². The van der Waals surface area contributed by atoms with Crippen LogP contribution in [0.5, 0.6) is 17.4 Å². The minimum Gasteiger partial charge on any atom is -0.488 e. The molecule has 1 aliphatic heterocycles. The number of hydrogen-bond acceptors (Lipinski definition) is 16. The van der Waals surface area contributed by atoms with Crippen molar-refractivity contribution in [3.63, 3.8) is 0 Å². The van der Waals surface area contributed by atoms with Crippen LogP contribution in [0.1, 0.15) is 125 Å². The van der Waals surface area contributed by atoms with E-state index in [0.717, 1.165) is 29.2 Å². The van der Waals surface area contributed by atoms with Crippen molar-refractivity contribution in [3.05, 3.63) is 63.7 Å². The minimum atomic E-state index is -4.85. The van der Waals surface area contributed by atoms with Gasteiger partial charge in [0.05, 0.1) is 34.2 Å². The quantitative estimate of drug-likeness (QED) is 0.0373. The second-order valence-corrected chi connectivity index (χ2v) is 23.8. The zero-order valence-corrected chi connectivity index (χ0v) is 46.6. The third-order valence-electron chi connectivity index (χ3n) is 15.0. The maximum atomic E-state index is 14.7. The number of hydrogen-bond donors (Lipinski definition) is 3. The lowest BCUT2D eigenvalue weighted by molar-refractivity contribution is -0.384. The van der Waals surface area contributed by atoms with Crippen LogP contribution in [0, 0.1) is 21.4 Å². The average Bonchev–Trinajstić information content (AvgIpc) is 4.02. The number of alkyl carbamates (subject to hydrolysis) is 1. The van der Waals surface area contributed by atoms with Gasteiger partial charge in [0, 0.05) is 30.0 Å². The average molecular weight is 1190 g/mol. The zero-order chi connectivity index (χ0) is 59.7. The second-order valence-electron chi connectivity index (χ2n) is 22.1. The number of nitrogens with one attached hydrogen (secondary N) is 3. The number of alkyl halides is 6. The van der Waals surface area contributed by atoms with Crippen LogP contribution in [-0.4, -0.2) is 119 Å². The normalized spacial score (nSPS) is 23.0. The third-order valence-corrected chi connectivity index (χ3v) is 16.4. The Kier molecular flexibility index (Phi) is 18.0. The number of pyridine rings is 1. The molecular formula is C52H63ClF6N6O15S. The Morgan fingerprint density at radius 1 is 0.889 bits per heavy atom. The summed E-state index contributed by atoms with van der Waals surface area (Å²) in [6, 6.07) is 8.05. The van der Waals surface area contributed by atoms with E-state index in [9.17, 15) is 68.8 Å². The molecule has 0 bridgehead atoms. The highest BCUT2D eigenvalue weighted by molar-refractivity contribution is 7.85. The van der Waals surface area contributed by atoms with Crippen molar-refractivity contribution in [2.24, 2.45) is 11.3 Å². The number of nitrogens with zero attached hydrogens (tertiary/aromatic N) is 3. The van der Waals surface area contributed by atoms with Gasteiger partial charge >= 0.3 is 34.9 Å². The summed E-state index contributed by atoms with van der Waals surface area (Å²) in [6.07, 6.45) is -12.5. The van der Waals surface area contributed by atoms with Crippen LogP contribution in [0.3, 0.4) is 0 Å². The standard InChI is InChI=1S/C39H51ClF3N5O10S.C13H12F3NO5/c1-7-22-20-38(22,33(51)47-59(53,54)58-36(6)16-17-36)46-31(49)26-18-23(56-27-19-28(55-8-2)44-29-24(27)12-11-13-25(29)40)21-48(26)32(50)30(35(3,4)5)45-34(52)57-37(39(41,42)43)14-9-10-15-37;14-13(15,16)12(7-1-2-8-12)22-11(18)21-10-5-3-9(4-6-10)17(19)20/h11-13,19,22-23,26,30H,7-10,14-18,20-21H2,1-6H3,(H,45,52)(H,46,49)(H,47,51);3-6H,1-2,7-8H2/t22-,23-,26+,30-,38-;/m1./s1. The molecule has 0 unspecified atom stereocenters. The van der Waals surface area contributed by atoms with Crippen LogP contribution in [0.2, 0.25) is 5.02 Å². The van der Waals surface area contributed by atoms with Crippen LogP contribution in [0.25, 0.3) is 10.9 Å². The maximum Gasteiger partial charge on any atom is 0.514 e. The van der Waals surface area contributed by atoms with Gasteiger partial charge in [0.15, 0.2) is 0 Å². The Hall–Kier alpha value is -6.42. The highest BCUT2D eigenvalue weighted by atomic mass is 35.5. The lowest BCUT2D eigenvalue weighted by Crippen LogP contribution is -2.61. The van der Waals surface area contributed by atoms with Crippen molar-refractivity contribution < 1.29 is 91.5 Å². The highest BCUT2D eigenvalue weighted by Crippen LogP contribution is 2.49. The van der Waals surface area contributed by atoms with Gasteiger partial charge in [-0.2, -0.15) is 34.8 Å². The number of nitro groups is 1. The molecule has 1 aromatic heterocycles. The fourth-order valence-electron chi connectivity index (χ4n) is 10.2. The molecule has 5 fully saturated rings. The minimum absolute atomic E-state index is 0.0946. The summed E-state index contributed by atoms with van der Waals surface area (Å²) >= 11 is 6.48. The summed E-state index contributed by atoms with van der Waals surface area (Å²) < 4.78 is 141. The summed E-state index contributed by atoms with van der Waals surface area (Å²) in [7, 11) is -4.55. The topological polar surface area (TPSA) is 270 Å². The first kappa shape index (κ1) is 62.2. The smallest absolute Gasteiger partial charge is 0.488 e. The first-order valence-electron chi connectivity index (χ1n) is 26.3. The number of ether oxygens (including phenoxy) is 5. The van der Waals surface area contributed by atoms with Crippen molar-refractivity contribution in [2.75, 3.05) is 13.2 Å². The van der Waals surface area contributed by atoms with Crippen LogP contribution >= 0.6 is 11.6 Å². The van der Waals surface area contributed by atoms with Gasteiger partial charge in [0.2, 0.25) is 28.9 Å². The van der Waals surface area contributed by atoms with Crippen LogP contribution < -0.4 is 29.6 Å². The number of nitro benzene ring substituents is 1. The van der Waals surface area contributed by atoms with E-state index < -0.39 is 122 Å². The summed E-state index contributed by atoms with van der Waals surface area (Å²) in [5.74, 6) is -2.79. The molecule has 0 radical (unpaired) electrons. The van der Waals surface area contributed by atoms with E-state index in [-0.39, 0.29) is 74.7 Å². The SMILES string of the molecule is CCOc1cc(O[C@@H]2C[C@@H](C(=O)N[C@]3(C(=O)NS(=O)(=O)OC4(C)CC4)C[C@H]3CC)N(C(=O)[C@@H](NC(=O)OC3(C(F)(F)F)CCCC3)C(C)(C)C)C2)c2cccc(Cl)c2n1.O=C(Oc1ccc([N+](=O)[O-])cc1)OC1(C(F)(F)F)CCCC1. The van der Waals surface area contributed by atoms with E-state index in [0.29, 0.717) is 48.0 Å². The van der Waals surface area contributed by atoms with Crippen molar-refractivity contribution in [2.45, 2.75) is 178 Å². The molecule has 4 saturated carbocycles. The van der Waals surface area contributed by atoms with Gasteiger partial charge in [0.25, 0.3) is 11.6 Å². The van der Waals surface area contributed by atoms with Gasteiger partial charge < -0.3 is 39.2 Å². The summed E-state index contributed by atoms with van der Waals surface area (Å²) in [5.41, 5.74) is -8.81. The number of carbonyl (C=O) groups excluding carboxylic acids is 5. The number of fused-ring (bicyclic) bond motifs is 1. The van der Waals surface area contributed by atoms with Gasteiger partial charge in [-0.25, -0.2) is 23.5 Å². The van der Waals surface area contributed by atoms with E-state index in [1.54, 1.807) is 59.7 Å². The molecule has 21 nitrogen and oxygen atoms in total. The van der Waals surface area contributed by atoms with E-state index in [1.165, 1.54) is 6.07 Å². The zero-order valence-electron chi connectivity index (χ0n) is 45.1. The van der Waals surface area contributed by atoms with E-state index in [2.05, 4.69) is 25.1 Å². The summed E-state index contributed by atoms with van der Waals surface area (Å²) in [6.45, 7) is 9.91. The Labute approximate surface area is 467 Å². The van der Waals surface area contributed by atoms with Crippen molar-refractivity contribution in [1.82, 2.24) is 25.2 Å². The number of halogens is 7. The largest absolute Gasteiger partial charge is 0.514 e. The second kappa shape index (κ2) is 23.4. The molecule has 5 atom stereocenters. The lowest BCUT2D eigenvalue weighted by Gasteiger charge is -2.37. The van der Waals surface area contributed by atoms with E-state index in [4.69, 9.17) is 30.0 Å². The van der Waals surface area contributed by atoms with Gasteiger partial charge in [-0.15, -0.1) is 0 Å². The number of non-ortho nitro benzene ring substituents is 1. The molecule has 8 rings (SSSR count). The van der Waals surface area contributed by atoms with Gasteiger partial charge in [-0.3, -0.25) is 24.5 Å². The molecule has 3 aromatic rings. The molecule has 4 aliphatic carbocycles. The molecule has 4 amide bonds. The maximum absolute atomic E-state index is 14.7. The van der Waals surface area contributed by atoms with E-state index >= 15 is 0 Å². The molecule has 5 aliphatic rings. The number of carbonyl (C=O) groups is 5. The molecule has 446 valence electrons. The molecule has 2 aromatic carbocycles. The molecule has 1 saturated heterocycles. The summed E-state index contributed by atoms with van der Waals surface area (Å²) in [4.78, 5) is 83.1. The van der Waals surface area contributed by atoms with Crippen molar-refractivity contribution in [1.29, 1.82) is 0 Å². The number of para-hydroxylation sites is 1. The van der Waals surface area contributed by atoms with Gasteiger partial charge in [0.1, 0.15) is 35.2 Å². The summed E-state index contributed by atoms with van der Waals surface area (Å²) in [5, 5.41) is 16.4.